The number of nitrogens with zero attached hydrogens (tertiary/aromatic N) is 2. The molecule has 3 aromatic carbocycles. The number of amides is 2. The van der Waals surface area contributed by atoms with Crippen LogP contribution in [0.4, 0.5) is 5.69 Å². The van der Waals surface area contributed by atoms with Crippen LogP contribution in [0.2, 0.25) is 0 Å². The third-order valence-electron chi connectivity index (χ3n) is 6.80. The van der Waals surface area contributed by atoms with Gasteiger partial charge in [0.25, 0.3) is 0 Å². The average Bonchev–Trinajstić information content (AvgIpc) is 3.44. The number of benzene rings is 3. The Kier molecular flexibility index (Phi) is 9.72. The molecule has 218 valence electrons. The summed E-state index contributed by atoms with van der Waals surface area (Å²) >= 11 is 0. The molecule has 11 heteroatoms. The first-order valence-corrected chi connectivity index (χ1v) is 15.1. The SMILES string of the molecule is CNC(=O)C(Cc1ccccc1)N(Cc1cccc(OC)c1)C(=O)CCCN(c1ccc2c(c1)OCO2)S(C)(=O)=O. The lowest BCUT2D eigenvalue weighted by molar-refractivity contribution is -0.141. The fraction of sp³-hybridized carbons (Fsp3) is 0.333. The molecule has 1 aliphatic heterocycles. The van der Waals surface area contributed by atoms with Gasteiger partial charge in [0.05, 0.1) is 19.1 Å². The first-order chi connectivity index (χ1) is 19.7. The third-order valence-corrected chi connectivity index (χ3v) is 7.99. The monoisotopic (exact) mass is 581 g/mol. The highest BCUT2D eigenvalue weighted by Gasteiger charge is 2.30. The number of hydrogen-bond acceptors (Lipinski definition) is 7. The lowest BCUT2D eigenvalue weighted by atomic mass is 10.0. The van der Waals surface area contributed by atoms with Crippen LogP contribution in [0.25, 0.3) is 0 Å². The molecule has 1 N–H and O–H groups in total. The van der Waals surface area contributed by atoms with Gasteiger partial charge < -0.3 is 24.4 Å². The second-order valence-corrected chi connectivity index (χ2v) is 11.6. The highest BCUT2D eigenvalue weighted by molar-refractivity contribution is 7.92. The smallest absolute Gasteiger partial charge is 0.242 e. The lowest BCUT2D eigenvalue weighted by Crippen LogP contribution is -2.49. The maximum absolute atomic E-state index is 13.8. The predicted molar refractivity (Wildman–Crippen MR) is 156 cm³/mol. The maximum Gasteiger partial charge on any atom is 0.242 e. The summed E-state index contributed by atoms with van der Waals surface area (Å²) < 4.78 is 42.7. The molecule has 1 heterocycles. The zero-order chi connectivity index (χ0) is 29.4. The highest BCUT2D eigenvalue weighted by atomic mass is 32.2. The number of carbonyl (C=O) groups excluding carboxylic acids is 2. The van der Waals surface area contributed by atoms with E-state index in [0.29, 0.717) is 29.4 Å². The summed E-state index contributed by atoms with van der Waals surface area (Å²) in [5, 5.41) is 2.70. The van der Waals surface area contributed by atoms with Crippen molar-refractivity contribution in [2.45, 2.75) is 31.8 Å². The van der Waals surface area contributed by atoms with Crippen molar-refractivity contribution in [1.29, 1.82) is 0 Å². The quantitative estimate of drug-likeness (QED) is 0.329. The second kappa shape index (κ2) is 13.4. The molecule has 0 bridgehead atoms. The predicted octanol–water partition coefficient (Wildman–Crippen LogP) is 3.36. The molecule has 10 nitrogen and oxygen atoms in total. The van der Waals surface area contributed by atoms with E-state index in [9.17, 15) is 18.0 Å². The first kappa shape index (κ1) is 29.7. The van der Waals surface area contributed by atoms with Gasteiger partial charge in [-0.3, -0.25) is 13.9 Å². The largest absolute Gasteiger partial charge is 0.497 e. The van der Waals surface area contributed by atoms with E-state index in [0.717, 1.165) is 17.4 Å². The number of methoxy groups -OCH3 is 1. The van der Waals surface area contributed by atoms with Crippen LogP contribution >= 0.6 is 0 Å². The van der Waals surface area contributed by atoms with Gasteiger partial charge in [0.2, 0.25) is 28.6 Å². The molecule has 1 unspecified atom stereocenters. The van der Waals surface area contributed by atoms with E-state index < -0.39 is 16.1 Å². The van der Waals surface area contributed by atoms with Crippen molar-refractivity contribution in [1.82, 2.24) is 10.2 Å². The Morgan fingerprint density at radius 2 is 1.71 bits per heavy atom. The van der Waals surface area contributed by atoms with Gasteiger partial charge in [-0.25, -0.2) is 8.42 Å². The van der Waals surface area contributed by atoms with E-state index in [1.165, 1.54) is 4.31 Å². The Balaban J connectivity index is 1.56. The number of carbonyl (C=O) groups is 2. The Labute approximate surface area is 240 Å². The van der Waals surface area contributed by atoms with E-state index in [4.69, 9.17) is 14.2 Å². The molecule has 0 radical (unpaired) electrons. The summed E-state index contributed by atoms with van der Waals surface area (Å²) in [7, 11) is -0.537. The van der Waals surface area contributed by atoms with Crippen molar-refractivity contribution in [2.24, 2.45) is 0 Å². The molecule has 3 aromatic rings. The number of ether oxygens (including phenoxy) is 3. The van der Waals surface area contributed by atoms with Gasteiger partial charge in [0.15, 0.2) is 11.5 Å². The molecule has 0 aliphatic carbocycles. The van der Waals surface area contributed by atoms with E-state index in [-0.39, 0.29) is 44.5 Å². The number of nitrogens with one attached hydrogen (secondary N) is 1. The second-order valence-electron chi connectivity index (χ2n) is 9.67. The van der Waals surface area contributed by atoms with E-state index in [1.54, 1.807) is 37.3 Å². The average molecular weight is 582 g/mol. The van der Waals surface area contributed by atoms with Gasteiger partial charge in [0.1, 0.15) is 11.8 Å². The van der Waals surface area contributed by atoms with Crippen LogP contribution in [-0.4, -0.2) is 64.9 Å². The van der Waals surface area contributed by atoms with Crippen LogP contribution in [0.3, 0.4) is 0 Å². The molecular weight excluding hydrogens is 546 g/mol. The zero-order valence-electron chi connectivity index (χ0n) is 23.4. The normalized spacial score (nSPS) is 12.9. The molecule has 0 aromatic heterocycles. The Hall–Kier alpha value is -4.25. The van der Waals surface area contributed by atoms with E-state index >= 15 is 0 Å². The molecule has 0 spiro atoms. The van der Waals surface area contributed by atoms with Crippen LogP contribution in [0.1, 0.15) is 24.0 Å². The van der Waals surface area contributed by atoms with Gasteiger partial charge in [-0.15, -0.1) is 0 Å². The maximum atomic E-state index is 13.8. The molecule has 4 rings (SSSR count). The Bertz CT molecular complexity index is 1460. The van der Waals surface area contributed by atoms with Crippen LogP contribution in [0.5, 0.6) is 17.2 Å². The standard InChI is InChI=1S/C30H35N3O7S/c1-31-30(35)26(18-22-9-5-4-6-10-22)32(20-23-11-7-12-25(17-23)38-2)29(34)13-8-16-33(41(3,36)37)24-14-15-27-28(19-24)40-21-39-27/h4-7,9-12,14-15,17,19,26H,8,13,16,18,20-21H2,1-3H3,(H,31,35). The minimum Gasteiger partial charge on any atom is -0.497 e. The number of rotatable bonds is 13. The van der Waals surface area contributed by atoms with Gasteiger partial charge in [-0.2, -0.15) is 0 Å². The molecule has 0 fully saturated rings. The summed E-state index contributed by atoms with van der Waals surface area (Å²) in [5.74, 6) is 1.09. The van der Waals surface area contributed by atoms with Crippen molar-refractivity contribution in [3.05, 3.63) is 83.9 Å². The van der Waals surface area contributed by atoms with Crippen molar-refractivity contribution in [2.75, 3.05) is 38.1 Å². The molecule has 2 amide bonds. The van der Waals surface area contributed by atoms with Crippen molar-refractivity contribution < 1.29 is 32.2 Å². The molecular formula is C30H35N3O7S. The summed E-state index contributed by atoms with van der Waals surface area (Å²) in [6.07, 6.45) is 1.71. The van der Waals surface area contributed by atoms with Crippen molar-refractivity contribution in [3.8, 4) is 17.2 Å². The highest BCUT2D eigenvalue weighted by Crippen LogP contribution is 2.36. The Morgan fingerprint density at radius 3 is 2.41 bits per heavy atom. The minimum atomic E-state index is -3.65. The lowest BCUT2D eigenvalue weighted by Gasteiger charge is -2.31. The third kappa shape index (κ3) is 7.69. The van der Waals surface area contributed by atoms with E-state index in [1.807, 2.05) is 54.6 Å². The first-order valence-electron chi connectivity index (χ1n) is 13.2. The Morgan fingerprint density at radius 1 is 0.976 bits per heavy atom. The van der Waals surface area contributed by atoms with Gasteiger partial charge in [0, 0.05) is 39.0 Å². The van der Waals surface area contributed by atoms with Crippen LogP contribution in [0.15, 0.2) is 72.8 Å². The number of anilines is 1. The zero-order valence-corrected chi connectivity index (χ0v) is 24.2. The molecule has 0 saturated heterocycles. The van der Waals surface area contributed by atoms with Crippen molar-refractivity contribution in [3.63, 3.8) is 0 Å². The fourth-order valence-corrected chi connectivity index (χ4v) is 5.69. The van der Waals surface area contributed by atoms with E-state index in [2.05, 4.69) is 5.32 Å². The fourth-order valence-electron chi connectivity index (χ4n) is 4.73. The minimum absolute atomic E-state index is 0.0306. The van der Waals surface area contributed by atoms with Crippen LogP contribution in [-0.2, 0) is 32.6 Å². The number of likely N-dealkylation sites (N-methyl/N-ethyl adjacent to an activating group) is 1. The van der Waals surface area contributed by atoms with Gasteiger partial charge >= 0.3 is 0 Å². The molecule has 1 aliphatic rings. The number of fused-ring (bicyclic) bond motifs is 1. The molecule has 0 saturated carbocycles. The van der Waals surface area contributed by atoms with Crippen molar-refractivity contribution >= 4 is 27.5 Å². The summed E-state index contributed by atoms with van der Waals surface area (Å²) in [6.45, 7) is 0.324. The molecule has 1 atom stereocenters. The summed E-state index contributed by atoms with van der Waals surface area (Å²) in [4.78, 5) is 28.5. The summed E-state index contributed by atoms with van der Waals surface area (Å²) in [6, 6.07) is 21.0. The summed E-state index contributed by atoms with van der Waals surface area (Å²) in [5.41, 5.74) is 2.14. The molecule has 41 heavy (non-hydrogen) atoms. The van der Waals surface area contributed by atoms with Gasteiger partial charge in [-0.05, 0) is 41.8 Å². The number of hydrogen-bond donors (Lipinski definition) is 1. The van der Waals surface area contributed by atoms with Crippen LogP contribution in [0, 0.1) is 0 Å². The van der Waals surface area contributed by atoms with Gasteiger partial charge in [-0.1, -0.05) is 42.5 Å². The topological polar surface area (TPSA) is 114 Å². The van der Waals surface area contributed by atoms with Crippen LogP contribution < -0.4 is 23.8 Å². The number of sulfonamides is 1.